The number of hydrogen-bond donors (Lipinski definition) is 1. The molecule has 1 N–H and O–H groups in total. The number of nitrogens with one attached hydrogen (secondary N) is 1. The first-order chi connectivity index (χ1) is 7.77. The summed E-state index contributed by atoms with van der Waals surface area (Å²) in [7, 11) is 0. The predicted molar refractivity (Wildman–Crippen MR) is 67.1 cm³/mol. The minimum atomic E-state index is 0.323. The molecule has 0 aliphatic carbocycles. The van der Waals surface area contributed by atoms with Crippen molar-refractivity contribution >= 4 is 0 Å². The first-order valence-electron chi connectivity index (χ1n) is 5.97. The Morgan fingerprint density at radius 2 is 2.00 bits per heavy atom. The summed E-state index contributed by atoms with van der Waals surface area (Å²) in [6, 6.07) is 11.2. The van der Waals surface area contributed by atoms with Crippen LogP contribution in [0.2, 0.25) is 0 Å². The van der Waals surface area contributed by atoms with Gasteiger partial charge < -0.3 is 5.32 Å². The lowest BCUT2D eigenvalue weighted by molar-refractivity contribution is 0.583. The number of aryl methyl sites for hydroxylation is 1. The number of hydrogen-bond acceptors (Lipinski definition) is 2. The first-order valence-corrected chi connectivity index (χ1v) is 5.97. The van der Waals surface area contributed by atoms with Gasteiger partial charge in [-0.15, -0.1) is 0 Å². The molecule has 0 spiro atoms. The van der Waals surface area contributed by atoms with Crippen LogP contribution >= 0.6 is 0 Å². The fourth-order valence-electron chi connectivity index (χ4n) is 1.72. The summed E-state index contributed by atoms with van der Waals surface area (Å²) in [4.78, 5) is 0. The maximum atomic E-state index is 8.46. The van der Waals surface area contributed by atoms with E-state index in [1.54, 1.807) is 0 Å². The number of nitrogens with zero attached hydrogens (tertiary/aromatic N) is 1. The van der Waals surface area contributed by atoms with Crippen LogP contribution in [0.4, 0.5) is 0 Å². The van der Waals surface area contributed by atoms with Crippen molar-refractivity contribution in [1.29, 1.82) is 5.26 Å². The van der Waals surface area contributed by atoms with Crippen molar-refractivity contribution in [2.75, 3.05) is 6.54 Å². The van der Waals surface area contributed by atoms with Crippen LogP contribution in [-0.4, -0.2) is 6.54 Å². The minimum Gasteiger partial charge on any atom is -0.309 e. The van der Waals surface area contributed by atoms with Crippen molar-refractivity contribution in [2.45, 2.75) is 39.2 Å². The highest BCUT2D eigenvalue weighted by Crippen LogP contribution is 2.14. The molecule has 86 valence electrons. The SMILES string of the molecule is CCCc1ccc(C(C)NCCC#N)cc1. The lowest BCUT2D eigenvalue weighted by Gasteiger charge is -2.13. The molecule has 0 aliphatic heterocycles. The summed E-state index contributed by atoms with van der Waals surface area (Å²) in [6.45, 7) is 5.08. The molecule has 0 heterocycles. The van der Waals surface area contributed by atoms with Crippen molar-refractivity contribution < 1.29 is 0 Å². The third-order valence-electron chi connectivity index (χ3n) is 2.71. The molecule has 1 rings (SSSR count). The molecule has 16 heavy (non-hydrogen) atoms. The normalized spacial score (nSPS) is 12.1. The lowest BCUT2D eigenvalue weighted by Crippen LogP contribution is -2.19. The molecule has 0 fully saturated rings. The second-order valence-electron chi connectivity index (χ2n) is 4.08. The van der Waals surface area contributed by atoms with Gasteiger partial charge in [0.25, 0.3) is 0 Å². The van der Waals surface area contributed by atoms with E-state index in [0.29, 0.717) is 12.5 Å². The fraction of sp³-hybridized carbons (Fsp3) is 0.500. The second kappa shape index (κ2) is 7.03. The van der Waals surface area contributed by atoms with Gasteiger partial charge in [0.2, 0.25) is 0 Å². The van der Waals surface area contributed by atoms with Crippen LogP contribution in [0.3, 0.4) is 0 Å². The quantitative estimate of drug-likeness (QED) is 0.741. The van der Waals surface area contributed by atoms with Gasteiger partial charge in [-0.1, -0.05) is 37.6 Å². The third kappa shape index (κ3) is 4.04. The first kappa shape index (κ1) is 12.7. The standard InChI is InChI=1S/C14H20N2/c1-3-5-13-6-8-14(9-7-13)12(2)16-11-4-10-15/h6-9,12,16H,3-5,11H2,1-2H3. The Hall–Kier alpha value is -1.33. The highest BCUT2D eigenvalue weighted by atomic mass is 14.9. The molecule has 1 atom stereocenters. The average molecular weight is 216 g/mol. The second-order valence-corrected chi connectivity index (χ2v) is 4.08. The maximum absolute atomic E-state index is 8.46. The Morgan fingerprint density at radius 1 is 1.31 bits per heavy atom. The molecule has 0 aliphatic rings. The van der Waals surface area contributed by atoms with E-state index in [1.165, 1.54) is 17.5 Å². The molecular formula is C14H20N2. The van der Waals surface area contributed by atoms with Crippen LogP contribution in [0.25, 0.3) is 0 Å². The van der Waals surface area contributed by atoms with E-state index in [2.05, 4.69) is 49.5 Å². The van der Waals surface area contributed by atoms with E-state index in [1.807, 2.05) is 0 Å². The van der Waals surface area contributed by atoms with Crippen molar-refractivity contribution in [3.8, 4) is 6.07 Å². The Labute approximate surface area is 98.3 Å². The van der Waals surface area contributed by atoms with Crippen LogP contribution in [0.1, 0.15) is 43.9 Å². The summed E-state index contributed by atoms with van der Waals surface area (Å²) in [5.74, 6) is 0. The van der Waals surface area contributed by atoms with Gasteiger partial charge in [-0.2, -0.15) is 5.26 Å². The summed E-state index contributed by atoms with van der Waals surface area (Å²) >= 11 is 0. The van der Waals surface area contributed by atoms with Crippen LogP contribution in [-0.2, 0) is 6.42 Å². The lowest BCUT2D eigenvalue weighted by atomic mass is 10.0. The maximum Gasteiger partial charge on any atom is 0.0635 e. The summed E-state index contributed by atoms with van der Waals surface area (Å²) < 4.78 is 0. The van der Waals surface area contributed by atoms with Crippen LogP contribution in [0.5, 0.6) is 0 Å². The molecule has 0 aromatic heterocycles. The largest absolute Gasteiger partial charge is 0.309 e. The molecule has 1 aromatic rings. The summed E-state index contributed by atoms with van der Waals surface area (Å²) in [5.41, 5.74) is 2.69. The molecule has 0 amide bonds. The van der Waals surface area contributed by atoms with E-state index in [9.17, 15) is 0 Å². The zero-order valence-corrected chi connectivity index (χ0v) is 10.2. The van der Waals surface area contributed by atoms with Crippen LogP contribution in [0, 0.1) is 11.3 Å². The Bertz CT molecular complexity index is 335. The smallest absolute Gasteiger partial charge is 0.0635 e. The minimum absolute atomic E-state index is 0.323. The molecule has 1 aromatic carbocycles. The summed E-state index contributed by atoms with van der Waals surface area (Å²) in [5, 5.41) is 11.8. The molecule has 2 nitrogen and oxygen atoms in total. The average Bonchev–Trinajstić information content (AvgIpc) is 2.30. The Balaban J connectivity index is 2.49. The highest BCUT2D eigenvalue weighted by molar-refractivity contribution is 5.24. The van der Waals surface area contributed by atoms with Gasteiger partial charge in [0.1, 0.15) is 0 Å². The van der Waals surface area contributed by atoms with Gasteiger partial charge in [-0.25, -0.2) is 0 Å². The molecule has 2 heteroatoms. The number of benzene rings is 1. The fourth-order valence-corrected chi connectivity index (χ4v) is 1.72. The van der Waals surface area contributed by atoms with E-state index in [-0.39, 0.29) is 0 Å². The van der Waals surface area contributed by atoms with E-state index in [4.69, 9.17) is 5.26 Å². The van der Waals surface area contributed by atoms with Crippen LogP contribution < -0.4 is 5.32 Å². The van der Waals surface area contributed by atoms with Gasteiger partial charge in [0, 0.05) is 19.0 Å². The highest BCUT2D eigenvalue weighted by Gasteiger charge is 2.03. The number of rotatable bonds is 6. The molecule has 0 saturated heterocycles. The monoisotopic (exact) mass is 216 g/mol. The van der Waals surface area contributed by atoms with Gasteiger partial charge in [-0.05, 0) is 24.5 Å². The zero-order valence-electron chi connectivity index (χ0n) is 10.2. The molecule has 1 unspecified atom stereocenters. The summed E-state index contributed by atoms with van der Waals surface area (Å²) in [6.07, 6.45) is 2.91. The number of nitriles is 1. The molecule has 0 bridgehead atoms. The van der Waals surface area contributed by atoms with Crippen molar-refractivity contribution in [2.24, 2.45) is 0 Å². The molecule has 0 saturated carbocycles. The van der Waals surface area contributed by atoms with Crippen molar-refractivity contribution in [1.82, 2.24) is 5.32 Å². The van der Waals surface area contributed by atoms with E-state index >= 15 is 0 Å². The van der Waals surface area contributed by atoms with Gasteiger partial charge in [0.05, 0.1) is 6.07 Å². The van der Waals surface area contributed by atoms with E-state index < -0.39 is 0 Å². The van der Waals surface area contributed by atoms with Crippen molar-refractivity contribution in [3.05, 3.63) is 35.4 Å². The van der Waals surface area contributed by atoms with E-state index in [0.717, 1.165) is 13.0 Å². The zero-order chi connectivity index (χ0) is 11.8. The third-order valence-corrected chi connectivity index (χ3v) is 2.71. The van der Waals surface area contributed by atoms with Crippen molar-refractivity contribution in [3.63, 3.8) is 0 Å². The topological polar surface area (TPSA) is 35.8 Å². The van der Waals surface area contributed by atoms with Crippen LogP contribution in [0.15, 0.2) is 24.3 Å². The van der Waals surface area contributed by atoms with Gasteiger partial charge >= 0.3 is 0 Å². The Morgan fingerprint density at radius 3 is 2.56 bits per heavy atom. The van der Waals surface area contributed by atoms with Gasteiger partial charge in [0.15, 0.2) is 0 Å². The predicted octanol–water partition coefficient (Wildman–Crippen LogP) is 3.20. The van der Waals surface area contributed by atoms with Gasteiger partial charge in [-0.3, -0.25) is 0 Å². The Kier molecular flexibility index (Phi) is 5.60. The molecular weight excluding hydrogens is 196 g/mol. The molecule has 0 radical (unpaired) electrons.